The minimum atomic E-state index is -0.438. The molecule has 1 aliphatic rings. The molecule has 2 aromatic heterocycles. The van der Waals surface area contributed by atoms with E-state index >= 15 is 0 Å². The Morgan fingerprint density at radius 2 is 2.22 bits per heavy atom. The van der Waals surface area contributed by atoms with Crippen LogP contribution in [0.5, 0.6) is 0 Å². The lowest BCUT2D eigenvalue weighted by Gasteiger charge is -2.33. The molecule has 0 amide bonds. The SMILES string of the molecule is CC1CCC(N)(c2noc(-c3cnns3)n2)CC1. The molecule has 7 heteroatoms. The van der Waals surface area contributed by atoms with Crippen molar-refractivity contribution >= 4 is 11.5 Å². The van der Waals surface area contributed by atoms with Gasteiger partial charge in [0.1, 0.15) is 4.88 Å². The second kappa shape index (κ2) is 4.40. The van der Waals surface area contributed by atoms with Gasteiger partial charge in [0.25, 0.3) is 5.89 Å². The van der Waals surface area contributed by atoms with Gasteiger partial charge in [-0.2, -0.15) is 4.98 Å². The average Bonchev–Trinajstić information content (AvgIpc) is 3.01. The van der Waals surface area contributed by atoms with Gasteiger partial charge in [0.15, 0.2) is 5.82 Å². The smallest absolute Gasteiger partial charge is 0.271 e. The van der Waals surface area contributed by atoms with Gasteiger partial charge >= 0.3 is 0 Å². The van der Waals surface area contributed by atoms with Crippen LogP contribution in [0.2, 0.25) is 0 Å². The Hall–Kier alpha value is -1.34. The summed E-state index contributed by atoms with van der Waals surface area (Å²) in [5.74, 6) is 1.81. The lowest BCUT2D eigenvalue weighted by molar-refractivity contribution is 0.230. The molecule has 0 saturated heterocycles. The maximum atomic E-state index is 6.40. The van der Waals surface area contributed by atoms with Crippen molar-refractivity contribution in [3.8, 4) is 10.8 Å². The summed E-state index contributed by atoms with van der Waals surface area (Å²) in [4.78, 5) is 5.18. The van der Waals surface area contributed by atoms with Crippen LogP contribution in [0.25, 0.3) is 10.8 Å². The molecule has 0 bridgehead atoms. The van der Waals surface area contributed by atoms with Crippen molar-refractivity contribution < 1.29 is 4.52 Å². The van der Waals surface area contributed by atoms with Gasteiger partial charge < -0.3 is 10.3 Å². The van der Waals surface area contributed by atoms with Crippen molar-refractivity contribution in [1.82, 2.24) is 19.7 Å². The molecule has 0 aliphatic heterocycles. The van der Waals surface area contributed by atoms with Crippen molar-refractivity contribution in [3.05, 3.63) is 12.0 Å². The van der Waals surface area contributed by atoms with Gasteiger partial charge in [-0.3, -0.25) is 0 Å². The molecular weight excluding hydrogens is 250 g/mol. The predicted molar refractivity (Wildman–Crippen MR) is 66.7 cm³/mol. The average molecular weight is 265 g/mol. The highest BCUT2D eigenvalue weighted by molar-refractivity contribution is 7.09. The Labute approximate surface area is 109 Å². The first-order chi connectivity index (χ1) is 8.67. The normalized spacial score (nSPS) is 28.4. The first-order valence-corrected chi connectivity index (χ1v) is 6.85. The van der Waals surface area contributed by atoms with Crippen molar-refractivity contribution in [3.63, 3.8) is 0 Å². The van der Waals surface area contributed by atoms with Crippen LogP contribution in [0, 0.1) is 5.92 Å². The van der Waals surface area contributed by atoms with Crippen molar-refractivity contribution in [2.75, 3.05) is 0 Å². The van der Waals surface area contributed by atoms with Crippen molar-refractivity contribution in [2.24, 2.45) is 11.7 Å². The van der Waals surface area contributed by atoms with Gasteiger partial charge in [0.2, 0.25) is 0 Å². The Bertz CT molecular complexity index is 515. The Balaban J connectivity index is 1.85. The van der Waals surface area contributed by atoms with Crippen LogP contribution in [0.3, 0.4) is 0 Å². The molecule has 0 aromatic carbocycles. The van der Waals surface area contributed by atoms with E-state index in [0.29, 0.717) is 11.7 Å². The molecular formula is C11H15N5OS. The summed E-state index contributed by atoms with van der Waals surface area (Å²) in [5.41, 5.74) is 5.96. The van der Waals surface area contributed by atoms with Gasteiger partial charge in [-0.1, -0.05) is 16.6 Å². The van der Waals surface area contributed by atoms with E-state index in [1.807, 2.05) is 0 Å². The fraction of sp³-hybridized carbons (Fsp3) is 0.636. The second-order valence-corrected chi connectivity index (χ2v) is 5.83. The van der Waals surface area contributed by atoms with Gasteiger partial charge in [0.05, 0.1) is 11.7 Å². The lowest BCUT2D eigenvalue weighted by Crippen LogP contribution is -2.41. The molecule has 0 radical (unpaired) electrons. The second-order valence-electron chi connectivity index (χ2n) is 5.04. The maximum Gasteiger partial charge on any atom is 0.271 e. The Kier molecular flexibility index (Phi) is 2.87. The molecule has 96 valence electrons. The first-order valence-electron chi connectivity index (χ1n) is 6.08. The molecule has 1 saturated carbocycles. The maximum absolute atomic E-state index is 6.40. The number of aromatic nitrogens is 4. The molecule has 0 atom stereocenters. The van der Waals surface area contributed by atoms with Gasteiger partial charge in [0, 0.05) is 0 Å². The number of rotatable bonds is 2. The van der Waals surface area contributed by atoms with E-state index in [0.717, 1.165) is 36.5 Å². The number of nitrogens with zero attached hydrogens (tertiary/aromatic N) is 4. The topological polar surface area (TPSA) is 90.7 Å². The van der Waals surface area contributed by atoms with Crippen LogP contribution in [-0.4, -0.2) is 19.7 Å². The third-order valence-corrected chi connectivity index (χ3v) is 4.26. The largest absolute Gasteiger partial charge is 0.333 e. The van der Waals surface area contributed by atoms with Crippen LogP contribution in [0.4, 0.5) is 0 Å². The summed E-state index contributed by atoms with van der Waals surface area (Å²) < 4.78 is 9.02. The third-order valence-electron chi connectivity index (χ3n) is 3.61. The zero-order valence-corrected chi connectivity index (χ0v) is 11.0. The summed E-state index contributed by atoms with van der Waals surface area (Å²) in [6.45, 7) is 2.25. The molecule has 2 heterocycles. The molecule has 18 heavy (non-hydrogen) atoms. The summed E-state index contributed by atoms with van der Waals surface area (Å²) in [7, 11) is 0. The van der Waals surface area contributed by atoms with Crippen LogP contribution >= 0.6 is 11.5 Å². The van der Waals surface area contributed by atoms with E-state index < -0.39 is 5.54 Å². The van der Waals surface area contributed by atoms with E-state index in [-0.39, 0.29) is 0 Å². The Morgan fingerprint density at radius 3 is 2.89 bits per heavy atom. The van der Waals surface area contributed by atoms with Crippen LogP contribution in [0.15, 0.2) is 10.7 Å². The molecule has 2 aromatic rings. The summed E-state index contributed by atoms with van der Waals surface area (Å²) >= 11 is 1.24. The van der Waals surface area contributed by atoms with Crippen molar-refractivity contribution in [2.45, 2.75) is 38.1 Å². The van der Waals surface area contributed by atoms with Crippen LogP contribution < -0.4 is 5.73 Å². The molecule has 0 spiro atoms. The van der Waals surface area contributed by atoms with E-state index in [1.165, 1.54) is 11.5 Å². The fourth-order valence-corrected chi connectivity index (χ4v) is 2.73. The zero-order valence-electron chi connectivity index (χ0n) is 10.2. The minimum absolute atomic E-state index is 0.438. The van der Waals surface area contributed by atoms with Crippen molar-refractivity contribution in [1.29, 1.82) is 0 Å². The van der Waals surface area contributed by atoms with Gasteiger partial charge in [-0.05, 0) is 43.1 Å². The molecule has 1 aliphatic carbocycles. The standard InChI is InChI=1S/C11H15N5OS/c1-7-2-4-11(12,5-3-7)10-14-9(17-15-10)8-6-13-16-18-8/h6-7H,2-5,12H2,1H3. The quantitative estimate of drug-likeness (QED) is 0.892. The van der Waals surface area contributed by atoms with E-state index in [4.69, 9.17) is 10.3 Å². The van der Waals surface area contributed by atoms with Gasteiger partial charge in [-0.15, -0.1) is 5.10 Å². The van der Waals surface area contributed by atoms with Crippen LogP contribution in [-0.2, 0) is 5.54 Å². The minimum Gasteiger partial charge on any atom is -0.333 e. The third kappa shape index (κ3) is 2.04. The van der Waals surface area contributed by atoms with Gasteiger partial charge in [-0.25, -0.2) is 0 Å². The first kappa shape index (κ1) is 11.7. The Morgan fingerprint density at radius 1 is 1.44 bits per heavy atom. The molecule has 3 rings (SSSR count). The summed E-state index contributed by atoms with van der Waals surface area (Å²) in [5, 5.41) is 7.79. The lowest BCUT2D eigenvalue weighted by atomic mass is 9.77. The van der Waals surface area contributed by atoms with E-state index in [1.54, 1.807) is 6.20 Å². The number of hydrogen-bond donors (Lipinski definition) is 1. The molecule has 2 N–H and O–H groups in total. The highest BCUT2D eigenvalue weighted by atomic mass is 32.1. The highest BCUT2D eigenvalue weighted by Crippen LogP contribution is 2.36. The monoisotopic (exact) mass is 265 g/mol. The molecule has 0 unspecified atom stereocenters. The number of hydrogen-bond acceptors (Lipinski definition) is 7. The zero-order chi connectivity index (χ0) is 12.6. The highest BCUT2D eigenvalue weighted by Gasteiger charge is 2.36. The molecule has 6 nitrogen and oxygen atoms in total. The molecule has 1 fully saturated rings. The summed E-state index contributed by atoms with van der Waals surface area (Å²) in [6.07, 6.45) is 5.67. The van der Waals surface area contributed by atoms with E-state index in [2.05, 4.69) is 26.7 Å². The fourth-order valence-electron chi connectivity index (χ4n) is 2.29. The predicted octanol–water partition coefficient (Wildman–Crippen LogP) is 1.95. The van der Waals surface area contributed by atoms with Crippen LogP contribution in [0.1, 0.15) is 38.4 Å². The van der Waals surface area contributed by atoms with E-state index in [9.17, 15) is 0 Å². The summed E-state index contributed by atoms with van der Waals surface area (Å²) in [6, 6.07) is 0. The number of nitrogens with two attached hydrogens (primary N) is 1.